The van der Waals surface area contributed by atoms with E-state index in [1.54, 1.807) is 0 Å². The fourth-order valence-electron chi connectivity index (χ4n) is 3.55. The zero-order valence-corrected chi connectivity index (χ0v) is 14.2. The van der Waals surface area contributed by atoms with Crippen molar-refractivity contribution in [2.75, 3.05) is 26.7 Å². The van der Waals surface area contributed by atoms with Crippen LogP contribution in [0.4, 0.5) is 0 Å². The van der Waals surface area contributed by atoms with Gasteiger partial charge in [-0.25, -0.2) is 4.79 Å². The normalized spacial score (nSPS) is 22.2. The summed E-state index contributed by atoms with van der Waals surface area (Å²) in [7, 11) is 1.52. The van der Waals surface area contributed by atoms with Crippen LogP contribution >= 0.6 is 0 Å². The molecule has 0 radical (unpaired) electrons. The van der Waals surface area contributed by atoms with E-state index in [4.69, 9.17) is 4.74 Å². The molecule has 0 bridgehead atoms. The van der Waals surface area contributed by atoms with Crippen molar-refractivity contribution in [3.05, 3.63) is 0 Å². The van der Waals surface area contributed by atoms with Crippen molar-refractivity contribution in [1.82, 2.24) is 10.2 Å². The van der Waals surface area contributed by atoms with Crippen LogP contribution in [0.2, 0.25) is 0 Å². The Hall–Kier alpha value is -0.610. The standard InChI is InChI=1S/C17H32N2O2/c1-5-19(11-14-7-6-8-14)12-17(15-9-10-15,16(20)21-4)18-13(2)3/h13-15,18H,5-12H2,1-4H3. The first-order valence-corrected chi connectivity index (χ1v) is 8.60. The van der Waals surface area contributed by atoms with Gasteiger partial charge in [-0.3, -0.25) is 5.32 Å². The Balaban J connectivity index is 2.10. The Labute approximate surface area is 129 Å². The number of likely N-dealkylation sites (N-methyl/N-ethyl adjacent to an activating group) is 1. The van der Waals surface area contributed by atoms with Crippen molar-refractivity contribution >= 4 is 5.97 Å². The number of carbonyl (C=O) groups excluding carboxylic acids is 1. The molecular weight excluding hydrogens is 264 g/mol. The highest BCUT2D eigenvalue weighted by molar-refractivity contribution is 5.82. The van der Waals surface area contributed by atoms with Gasteiger partial charge in [0.25, 0.3) is 0 Å². The van der Waals surface area contributed by atoms with Crippen LogP contribution in [0.3, 0.4) is 0 Å². The van der Waals surface area contributed by atoms with Gasteiger partial charge in [0.15, 0.2) is 0 Å². The first-order chi connectivity index (χ1) is 10.0. The van der Waals surface area contributed by atoms with Crippen molar-refractivity contribution in [1.29, 1.82) is 0 Å². The van der Waals surface area contributed by atoms with Crippen molar-refractivity contribution < 1.29 is 9.53 Å². The van der Waals surface area contributed by atoms with Crippen LogP contribution in [0.5, 0.6) is 0 Å². The molecule has 2 rings (SSSR count). The lowest BCUT2D eigenvalue weighted by Crippen LogP contribution is -2.63. The molecule has 21 heavy (non-hydrogen) atoms. The molecule has 2 aliphatic carbocycles. The maximum Gasteiger partial charge on any atom is 0.327 e. The molecule has 0 aromatic rings. The monoisotopic (exact) mass is 296 g/mol. The highest BCUT2D eigenvalue weighted by Crippen LogP contribution is 2.41. The number of carbonyl (C=O) groups is 1. The summed E-state index contributed by atoms with van der Waals surface area (Å²) in [6, 6.07) is 0.284. The van der Waals surface area contributed by atoms with Gasteiger partial charge in [0.05, 0.1) is 7.11 Å². The SMILES string of the molecule is CCN(CC1CCC1)CC(NC(C)C)(C(=O)OC)C1CC1. The van der Waals surface area contributed by atoms with Crippen LogP contribution in [-0.4, -0.2) is 49.2 Å². The molecule has 1 unspecified atom stereocenters. The first-order valence-electron chi connectivity index (χ1n) is 8.60. The van der Waals surface area contributed by atoms with Gasteiger partial charge in [0.1, 0.15) is 5.54 Å². The second-order valence-corrected chi connectivity index (χ2v) is 7.16. The average Bonchev–Trinajstić information content (AvgIpc) is 3.23. The molecule has 4 heteroatoms. The predicted molar refractivity (Wildman–Crippen MR) is 85.2 cm³/mol. The summed E-state index contributed by atoms with van der Waals surface area (Å²) in [5, 5.41) is 3.56. The largest absolute Gasteiger partial charge is 0.468 e. The fourth-order valence-corrected chi connectivity index (χ4v) is 3.55. The van der Waals surface area contributed by atoms with E-state index < -0.39 is 5.54 Å². The summed E-state index contributed by atoms with van der Waals surface area (Å²) in [6.45, 7) is 9.34. The molecule has 2 aliphatic rings. The van der Waals surface area contributed by atoms with Crippen LogP contribution in [0.1, 0.15) is 52.9 Å². The van der Waals surface area contributed by atoms with Crippen LogP contribution in [0.15, 0.2) is 0 Å². The molecule has 4 nitrogen and oxygen atoms in total. The smallest absolute Gasteiger partial charge is 0.327 e. The molecule has 0 aromatic carbocycles. The minimum Gasteiger partial charge on any atom is -0.468 e. The third-order valence-electron chi connectivity index (χ3n) is 5.03. The molecule has 2 saturated carbocycles. The van der Waals surface area contributed by atoms with E-state index in [0.717, 1.165) is 38.4 Å². The van der Waals surface area contributed by atoms with Gasteiger partial charge >= 0.3 is 5.97 Å². The Morgan fingerprint density at radius 1 is 1.33 bits per heavy atom. The summed E-state index contributed by atoms with van der Waals surface area (Å²) >= 11 is 0. The third-order valence-corrected chi connectivity index (χ3v) is 5.03. The van der Waals surface area contributed by atoms with Crippen molar-refractivity contribution in [2.45, 2.75) is 64.5 Å². The molecule has 0 aromatic heterocycles. The van der Waals surface area contributed by atoms with Crippen molar-refractivity contribution in [2.24, 2.45) is 11.8 Å². The number of rotatable bonds is 9. The quantitative estimate of drug-likeness (QED) is 0.664. The van der Waals surface area contributed by atoms with Gasteiger partial charge in [-0.15, -0.1) is 0 Å². The minimum absolute atomic E-state index is 0.0780. The number of hydrogen-bond acceptors (Lipinski definition) is 4. The van der Waals surface area contributed by atoms with E-state index >= 15 is 0 Å². The van der Waals surface area contributed by atoms with Crippen LogP contribution in [0.25, 0.3) is 0 Å². The van der Waals surface area contributed by atoms with Crippen LogP contribution in [0, 0.1) is 11.8 Å². The van der Waals surface area contributed by atoms with Gasteiger partial charge in [-0.2, -0.15) is 0 Å². The molecule has 1 N–H and O–H groups in total. The molecule has 1 atom stereocenters. The van der Waals surface area contributed by atoms with E-state index in [2.05, 4.69) is 31.0 Å². The van der Waals surface area contributed by atoms with E-state index in [9.17, 15) is 4.79 Å². The molecule has 0 aliphatic heterocycles. The van der Waals surface area contributed by atoms with Gasteiger partial charge in [-0.05, 0) is 57.9 Å². The zero-order chi connectivity index (χ0) is 15.5. The Bertz CT molecular complexity index is 351. The van der Waals surface area contributed by atoms with E-state index in [1.165, 1.54) is 26.4 Å². The van der Waals surface area contributed by atoms with Gasteiger partial charge in [0.2, 0.25) is 0 Å². The second-order valence-electron chi connectivity index (χ2n) is 7.16. The lowest BCUT2D eigenvalue weighted by Gasteiger charge is -2.40. The molecule has 0 heterocycles. The summed E-state index contributed by atoms with van der Waals surface area (Å²) in [4.78, 5) is 15.0. The van der Waals surface area contributed by atoms with Crippen molar-refractivity contribution in [3.63, 3.8) is 0 Å². The number of nitrogens with zero attached hydrogens (tertiary/aromatic N) is 1. The summed E-state index contributed by atoms with van der Waals surface area (Å²) in [6.07, 6.45) is 6.34. The molecular formula is C17H32N2O2. The first kappa shape index (κ1) is 16.8. The van der Waals surface area contributed by atoms with Crippen LogP contribution in [-0.2, 0) is 9.53 Å². The third kappa shape index (κ3) is 3.98. The number of hydrogen-bond donors (Lipinski definition) is 1. The highest BCUT2D eigenvalue weighted by atomic mass is 16.5. The predicted octanol–water partition coefficient (Wildman–Crippen LogP) is 2.43. The maximum atomic E-state index is 12.6. The number of esters is 1. The molecule has 122 valence electrons. The lowest BCUT2D eigenvalue weighted by atomic mass is 9.84. The van der Waals surface area contributed by atoms with E-state index in [-0.39, 0.29) is 12.0 Å². The number of ether oxygens (including phenoxy) is 1. The average molecular weight is 296 g/mol. The van der Waals surface area contributed by atoms with Gasteiger partial charge in [-0.1, -0.05) is 13.3 Å². The Kier molecular flexibility index (Phi) is 5.67. The van der Waals surface area contributed by atoms with Gasteiger partial charge < -0.3 is 9.64 Å². The topological polar surface area (TPSA) is 41.6 Å². The van der Waals surface area contributed by atoms with Crippen molar-refractivity contribution in [3.8, 4) is 0 Å². The molecule has 0 spiro atoms. The van der Waals surface area contributed by atoms with Crippen LogP contribution < -0.4 is 5.32 Å². The maximum absolute atomic E-state index is 12.6. The molecule has 0 amide bonds. The van der Waals surface area contributed by atoms with E-state index in [1.807, 2.05) is 0 Å². The highest BCUT2D eigenvalue weighted by Gasteiger charge is 2.52. The summed E-state index contributed by atoms with van der Waals surface area (Å²) < 4.78 is 5.18. The number of methoxy groups -OCH3 is 1. The Morgan fingerprint density at radius 3 is 2.38 bits per heavy atom. The molecule has 2 fully saturated rings. The summed E-state index contributed by atoms with van der Waals surface area (Å²) in [5.41, 5.74) is -0.511. The lowest BCUT2D eigenvalue weighted by molar-refractivity contribution is -0.151. The zero-order valence-electron chi connectivity index (χ0n) is 14.2. The minimum atomic E-state index is -0.511. The molecule has 0 saturated heterocycles. The van der Waals surface area contributed by atoms with E-state index in [0.29, 0.717) is 5.92 Å². The Morgan fingerprint density at radius 2 is 2.00 bits per heavy atom. The fraction of sp³-hybridized carbons (Fsp3) is 0.941. The number of nitrogens with one attached hydrogen (secondary N) is 1. The summed E-state index contributed by atoms with van der Waals surface area (Å²) in [5.74, 6) is 1.19. The second kappa shape index (κ2) is 7.10. The van der Waals surface area contributed by atoms with Gasteiger partial charge in [0, 0.05) is 19.1 Å².